The van der Waals surface area contributed by atoms with E-state index in [2.05, 4.69) is 27.9 Å². The van der Waals surface area contributed by atoms with Crippen molar-refractivity contribution in [3.63, 3.8) is 0 Å². The average Bonchev–Trinajstić information content (AvgIpc) is 2.47. The van der Waals surface area contributed by atoms with E-state index in [0.717, 1.165) is 14.2 Å². The normalized spacial score (nSPS) is 11.7. The van der Waals surface area contributed by atoms with Crippen molar-refractivity contribution in [2.75, 3.05) is 5.32 Å². The SMILES string of the molecule is CC(Sc1ccc([N+](=O)[O-])cc1)C(=O)Nc1cccc(I)c1. The molecular formula is C15H13IN2O3S. The number of hydrogen-bond donors (Lipinski definition) is 1. The summed E-state index contributed by atoms with van der Waals surface area (Å²) in [4.78, 5) is 23.1. The molecule has 5 nitrogen and oxygen atoms in total. The summed E-state index contributed by atoms with van der Waals surface area (Å²) < 4.78 is 1.05. The highest BCUT2D eigenvalue weighted by atomic mass is 127. The third-order valence-electron chi connectivity index (χ3n) is 2.82. The molecule has 0 aliphatic rings. The Morgan fingerprint density at radius 1 is 1.27 bits per heavy atom. The first-order valence-electron chi connectivity index (χ1n) is 6.43. The van der Waals surface area contributed by atoms with E-state index in [4.69, 9.17) is 0 Å². The van der Waals surface area contributed by atoms with Crippen LogP contribution in [0.5, 0.6) is 0 Å². The molecule has 7 heteroatoms. The van der Waals surface area contributed by atoms with Gasteiger partial charge in [-0.15, -0.1) is 11.8 Å². The van der Waals surface area contributed by atoms with Crippen LogP contribution in [0.1, 0.15) is 6.92 Å². The zero-order valence-corrected chi connectivity index (χ0v) is 14.6. The minimum atomic E-state index is -0.443. The molecule has 2 aromatic rings. The summed E-state index contributed by atoms with van der Waals surface area (Å²) in [6.45, 7) is 1.80. The first-order valence-corrected chi connectivity index (χ1v) is 8.39. The quantitative estimate of drug-likeness (QED) is 0.333. The van der Waals surface area contributed by atoms with E-state index in [-0.39, 0.29) is 16.8 Å². The van der Waals surface area contributed by atoms with Gasteiger partial charge in [0.25, 0.3) is 5.69 Å². The fourth-order valence-corrected chi connectivity index (χ4v) is 3.12. The molecule has 22 heavy (non-hydrogen) atoms. The van der Waals surface area contributed by atoms with Crippen molar-refractivity contribution in [3.05, 3.63) is 62.2 Å². The van der Waals surface area contributed by atoms with E-state index in [0.29, 0.717) is 0 Å². The van der Waals surface area contributed by atoms with Gasteiger partial charge in [0, 0.05) is 26.3 Å². The number of carbonyl (C=O) groups excluding carboxylic acids is 1. The highest BCUT2D eigenvalue weighted by Gasteiger charge is 2.15. The van der Waals surface area contributed by atoms with Gasteiger partial charge in [-0.25, -0.2) is 0 Å². The maximum Gasteiger partial charge on any atom is 0.269 e. The van der Waals surface area contributed by atoms with Crippen LogP contribution < -0.4 is 5.32 Å². The van der Waals surface area contributed by atoms with E-state index in [9.17, 15) is 14.9 Å². The number of hydrogen-bond acceptors (Lipinski definition) is 4. The molecule has 114 valence electrons. The van der Waals surface area contributed by atoms with Crippen molar-refractivity contribution in [2.24, 2.45) is 0 Å². The summed E-state index contributed by atoms with van der Waals surface area (Å²) >= 11 is 3.54. The van der Waals surface area contributed by atoms with Crippen molar-refractivity contribution in [3.8, 4) is 0 Å². The number of amides is 1. The number of rotatable bonds is 5. The molecule has 0 saturated heterocycles. The third kappa shape index (κ3) is 4.70. The number of nitro groups is 1. The summed E-state index contributed by atoms with van der Waals surface area (Å²) in [5, 5.41) is 13.2. The summed E-state index contributed by atoms with van der Waals surface area (Å²) in [5.41, 5.74) is 0.799. The predicted octanol–water partition coefficient (Wildman–Crippen LogP) is 4.32. The highest BCUT2D eigenvalue weighted by molar-refractivity contribution is 14.1. The molecule has 0 radical (unpaired) electrons. The Morgan fingerprint density at radius 3 is 2.55 bits per heavy atom. The minimum Gasteiger partial charge on any atom is -0.325 e. The van der Waals surface area contributed by atoms with E-state index >= 15 is 0 Å². The Hall–Kier alpha value is -1.61. The zero-order chi connectivity index (χ0) is 16.1. The molecule has 2 aromatic carbocycles. The van der Waals surface area contributed by atoms with Gasteiger partial charge in [0.1, 0.15) is 0 Å². The topological polar surface area (TPSA) is 72.2 Å². The number of halogens is 1. The molecule has 0 aliphatic heterocycles. The van der Waals surface area contributed by atoms with Gasteiger partial charge in [0.15, 0.2) is 0 Å². The van der Waals surface area contributed by atoms with Crippen LogP contribution in [0.2, 0.25) is 0 Å². The van der Waals surface area contributed by atoms with Gasteiger partial charge in [-0.1, -0.05) is 6.07 Å². The van der Waals surface area contributed by atoms with Crippen LogP contribution in [0.4, 0.5) is 11.4 Å². The fourth-order valence-electron chi connectivity index (χ4n) is 1.71. The Labute approximate surface area is 145 Å². The van der Waals surface area contributed by atoms with Crippen molar-refractivity contribution in [2.45, 2.75) is 17.1 Å². The zero-order valence-electron chi connectivity index (χ0n) is 11.7. The third-order valence-corrected chi connectivity index (χ3v) is 4.60. The molecule has 0 spiro atoms. The van der Waals surface area contributed by atoms with E-state index in [1.165, 1.54) is 23.9 Å². The lowest BCUT2D eigenvalue weighted by Gasteiger charge is -2.12. The van der Waals surface area contributed by atoms with Gasteiger partial charge >= 0.3 is 0 Å². The highest BCUT2D eigenvalue weighted by Crippen LogP contribution is 2.26. The summed E-state index contributed by atoms with van der Waals surface area (Å²) in [7, 11) is 0. The molecule has 2 rings (SSSR count). The number of nitro benzene ring substituents is 1. The van der Waals surface area contributed by atoms with Gasteiger partial charge in [0.05, 0.1) is 10.2 Å². The number of carbonyl (C=O) groups is 1. The van der Waals surface area contributed by atoms with Crippen LogP contribution >= 0.6 is 34.4 Å². The molecule has 1 amide bonds. The van der Waals surface area contributed by atoms with Crippen LogP contribution in [0.15, 0.2) is 53.4 Å². The van der Waals surface area contributed by atoms with Crippen LogP contribution in [0.3, 0.4) is 0 Å². The van der Waals surface area contributed by atoms with Crippen molar-refractivity contribution >= 4 is 51.6 Å². The van der Waals surface area contributed by atoms with Gasteiger partial charge in [-0.3, -0.25) is 14.9 Å². The molecule has 1 atom stereocenters. The first-order chi connectivity index (χ1) is 10.5. The molecule has 0 heterocycles. The van der Waals surface area contributed by atoms with E-state index in [1.807, 2.05) is 24.3 Å². The Kier molecular flexibility index (Phi) is 5.78. The predicted molar refractivity (Wildman–Crippen MR) is 96.2 cm³/mol. The molecule has 0 aromatic heterocycles. The maximum atomic E-state index is 12.2. The summed E-state index contributed by atoms with van der Waals surface area (Å²) in [6.07, 6.45) is 0. The largest absolute Gasteiger partial charge is 0.325 e. The minimum absolute atomic E-state index is 0.0420. The molecule has 0 aliphatic carbocycles. The standard InChI is InChI=1S/C15H13IN2O3S/c1-10(15(19)17-12-4-2-3-11(16)9-12)22-14-7-5-13(6-8-14)18(20)21/h2-10H,1H3,(H,17,19). The molecule has 1 unspecified atom stereocenters. The van der Waals surface area contributed by atoms with E-state index in [1.54, 1.807) is 19.1 Å². The Morgan fingerprint density at radius 2 is 1.95 bits per heavy atom. The van der Waals surface area contributed by atoms with Crippen LogP contribution in [-0.4, -0.2) is 16.1 Å². The van der Waals surface area contributed by atoms with Gasteiger partial charge in [0.2, 0.25) is 5.91 Å². The number of thioether (sulfide) groups is 1. The summed E-state index contributed by atoms with van der Waals surface area (Å²) in [5.74, 6) is -0.106. The van der Waals surface area contributed by atoms with E-state index < -0.39 is 4.92 Å². The number of non-ortho nitro benzene ring substituents is 1. The second-order valence-electron chi connectivity index (χ2n) is 4.51. The monoisotopic (exact) mass is 428 g/mol. The van der Waals surface area contributed by atoms with Crippen molar-refractivity contribution in [1.82, 2.24) is 0 Å². The fraction of sp³-hybridized carbons (Fsp3) is 0.133. The molecule has 1 N–H and O–H groups in total. The van der Waals surface area contributed by atoms with Gasteiger partial charge in [-0.2, -0.15) is 0 Å². The van der Waals surface area contributed by atoms with Crippen LogP contribution in [0.25, 0.3) is 0 Å². The van der Waals surface area contributed by atoms with Crippen molar-refractivity contribution < 1.29 is 9.72 Å². The van der Waals surface area contributed by atoms with Crippen LogP contribution in [-0.2, 0) is 4.79 Å². The van der Waals surface area contributed by atoms with Gasteiger partial charge in [-0.05, 0) is 59.8 Å². The Balaban J connectivity index is 1.97. The van der Waals surface area contributed by atoms with Gasteiger partial charge < -0.3 is 5.32 Å². The number of anilines is 1. The molecule has 0 bridgehead atoms. The first kappa shape index (κ1) is 16.8. The summed E-state index contributed by atoms with van der Waals surface area (Å²) in [6, 6.07) is 13.7. The van der Waals surface area contributed by atoms with Crippen molar-refractivity contribution in [1.29, 1.82) is 0 Å². The lowest BCUT2D eigenvalue weighted by atomic mass is 10.3. The number of benzene rings is 2. The molecular weight excluding hydrogens is 415 g/mol. The molecule has 0 saturated carbocycles. The van der Waals surface area contributed by atoms with Crippen LogP contribution in [0, 0.1) is 13.7 Å². The second-order valence-corrected chi connectivity index (χ2v) is 7.17. The molecule has 0 fully saturated rings. The number of nitrogens with one attached hydrogen (secondary N) is 1. The Bertz CT molecular complexity index is 691. The second kappa shape index (κ2) is 7.59. The lowest BCUT2D eigenvalue weighted by Crippen LogP contribution is -2.22. The maximum absolute atomic E-state index is 12.2. The lowest BCUT2D eigenvalue weighted by molar-refractivity contribution is -0.384. The average molecular weight is 428 g/mol. The number of nitrogens with zero attached hydrogens (tertiary/aromatic N) is 1. The smallest absolute Gasteiger partial charge is 0.269 e.